The molecule has 2 aliphatic rings. The van der Waals surface area contributed by atoms with Gasteiger partial charge in [0.1, 0.15) is 6.61 Å². The lowest BCUT2D eigenvalue weighted by molar-refractivity contribution is -0.152. The Labute approximate surface area is 90.4 Å². The molecule has 0 spiro atoms. The van der Waals surface area contributed by atoms with Gasteiger partial charge in [-0.05, 0) is 32.1 Å². The number of ether oxygens (including phenoxy) is 2. The van der Waals surface area contributed by atoms with Crippen LogP contribution in [-0.2, 0) is 14.3 Å². The number of carbonyl (C=O) groups is 1. The van der Waals surface area contributed by atoms with E-state index in [9.17, 15) is 4.79 Å². The van der Waals surface area contributed by atoms with Gasteiger partial charge in [0.05, 0.1) is 12.0 Å². The predicted molar refractivity (Wildman–Crippen MR) is 56.4 cm³/mol. The average Bonchev–Trinajstić information content (AvgIpc) is 2.80. The molecular formula is C12H18O3. The molecule has 2 unspecified atom stereocenters. The van der Waals surface area contributed by atoms with Crippen LogP contribution in [0.4, 0.5) is 0 Å². The Balaban J connectivity index is 1.69. The van der Waals surface area contributed by atoms with Gasteiger partial charge in [-0.2, -0.15) is 0 Å². The SMILES string of the molecule is O=C(OCC1CCCO1)C1CC=CCC1. The molecule has 0 amide bonds. The Kier molecular flexibility index (Phi) is 3.78. The van der Waals surface area contributed by atoms with Crippen molar-refractivity contribution in [2.24, 2.45) is 5.92 Å². The van der Waals surface area contributed by atoms with E-state index >= 15 is 0 Å². The van der Waals surface area contributed by atoms with Gasteiger partial charge in [0.15, 0.2) is 0 Å². The van der Waals surface area contributed by atoms with Crippen molar-refractivity contribution in [1.29, 1.82) is 0 Å². The molecule has 2 atom stereocenters. The number of rotatable bonds is 3. The maximum atomic E-state index is 11.6. The fourth-order valence-corrected chi connectivity index (χ4v) is 2.08. The monoisotopic (exact) mass is 210 g/mol. The summed E-state index contributed by atoms with van der Waals surface area (Å²) < 4.78 is 10.7. The second-order valence-electron chi connectivity index (χ2n) is 4.25. The number of esters is 1. The molecule has 1 fully saturated rings. The Morgan fingerprint density at radius 1 is 1.40 bits per heavy atom. The van der Waals surface area contributed by atoms with E-state index in [0.29, 0.717) is 6.61 Å². The van der Waals surface area contributed by atoms with Gasteiger partial charge >= 0.3 is 5.97 Å². The van der Waals surface area contributed by atoms with E-state index in [1.54, 1.807) is 0 Å². The molecule has 84 valence electrons. The van der Waals surface area contributed by atoms with E-state index < -0.39 is 0 Å². The van der Waals surface area contributed by atoms with Crippen LogP contribution in [0.1, 0.15) is 32.1 Å². The van der Waals surface area contributed by atoms with Gasteiger partial charge in [-0.1, -0.05) is 12.2 Å². The van der Waals surface area contributed by atoms with Crippen molar-refractivity contribution in [3.05, 3.63) is 12.2 Å². The third kappa shape index (κ3) is 3.06. The number of carbonyl (C=O) groups excluding carboxylic acids is 1. The summed E-state index contributed by atoms with van der Waals surface area (Å²) in [5.74, 6) is 0.0336. The molecule has 0 N–H and O–H groups in total. The van der Waals surface area contributed by atoms with Crippen molar-refractivity contribution in [2.75, 3.05) is 13.2 Å². The fourth-order valence-electron chi connectivity index (χ4n) is 2.08. The lowest BCUT2D eigenvalue weighted by atomic mass is 9.95. The molecule has 1 aliphatic heterocycles. The molecule has 2 rings (SSSR count). The summed E-state index contributed by atoms with van der Waals surface area (Å²) in [7, 11) is 0. The van der Waals surface area contributed by atoms with Gasteiger partial charge in [-0.3, -0.25) is 4.79 Å². The molecule has 15 heavy (non-hydrogen) atoms. The van der Waals surface area contributed by atoms with Crippen molar-refractivity contribution in [1.82, 2.24) is 0 Å². The van der Waals surface area contributed by atoms with Crippen molar-refractivity contribution in [2.45, 2.75) is 38.2 Å². The summed E-state index contributed by atoms with van der Waals surface area (Å²) in [5.41, 5.74) is 0. The Bertz CT molecular complexity index is 241. The maximum absolute atomic E-state index is 11.6. The van der Waals surface area contributed by atoms with E-state index in [1.807, 2.05) is 0 Å². The largest absolute Gasteiger partial charge is 0.463 e. The van der Waals surface area contributed by atoms with E-state index in [2.05, 4.69) is 12.2 Å². The van der Waals surface area contributed by atoms with Crippen LogP contribution < -0.4 is 0 Å². The van der Waals surface area contributed by atoms with Gasteiger partial charge < -0.3 is 9.47 Å². The van der Waals surface area contributed by atoms with Gasteiger partial charge in [0.25, 0.3) is 0 Å². The topological polar surface area (TPSA) is 35.5 Å². The van der Waals surface area contributed by atoms with E-state index in [0.717, 1.165) is 38.7 Å². The minimum atomic E-state index is -0.0464. The summed E-state index contributed by atoms with van der Waals surface area (Å²) in [6, 6.07) is 0. The molecule has 0 bridgehead atoms. The quantitative estimate of drug-likeness (QED) is 0.528. The number of allylic oxidation sites excluding steroid dienone is 2. The van der Waals surface area contributed by atoms with Gasteiger partial charge in [-0.25, -0.2) is 0 Å². The van der Waals surface area contributed by atoms with Gasteiger partial charge in [0.2, 0.25) is 0 Å². The Morgan fingerprint density at radius 3 is 3.00 bits per heavy atom. The van der Waals surface area contributed by atoms with Crippen LogP contribution >= 0.6 is 0 Å². The second kappa shape index (κ2) is 5.31. The molecule has 0 aromatic heterocycles. The first-order valence-corrected chi connectivity index (χ1v) is 5.79. The summed E-state index contributed by atoms with van der Waals surface area (Å²) in [6.45, 7) is 1.26. The van der Waals surface area contributed by atoms with Crippen molar-refractivity contribution in [3.8, 4) is 0 Å². The first-order chi connectivity index (χ1) is 7.36. The summed E-state index contributed by atoms with van der Waals surface area (Å²) >= 11 is 0. The predicted octanol–water partition coefficient (Wildman–Crippen LogP) is 2.06. The molecular weight excluding hydrogens is 192 g/mol. The zero-order valence-electron chi connectivity index (χ0n) is 8.98. The highest BCUT2D eigenvalue weighted by molar-refractivity contribution is 5.72. The Hall–Kier alpha value is -0.830. The highest BCUT2D eigenvalue weighted by Crippen LogP contribution is 2.20. The van der Waals surface area contributed by atoms with Crippen LogP contribution in [0.15, 0.2) is 12.2 Å². The van der Waals surface area contributed by atoms with E-state index in [1.165, 1.54) is 0 Å². The lowest BCUT2D eigenvalue weighted by Gasteiger charge is -2.17. The molecule has 1 aliphatic carbocycles. The normalized spacial score (nSPS) is 30.4. The average molecular weight is 210 g/mol. The third-order valence-corrected chi connectivity index (χ3v) is 3.04. The fraction of sp³-hybridized carbons (Fsp3) is 0.750. The molecule has 0 saturated carbocycles. The molecule has 3 heteroatoms. The van der Waals surface area contributed by atoms with Crippen molar-refractivity contribution < 1.29 is 14.3 Å². The maximum Gasteiger partial charge on any atom is 0.309 e. The zero-order valence-corrected chi connectivity index (χ0v) is 8.98. The first-order valence-electron chi connectivity index (χ1n) is 5.79. The van der Waals surface area contributed by atoms with Crippen molar-refractivity contribution >= 4 is 5.97 Å². The van der Waals surface area contributed by atoms with Crippen LogP contribution in [0, 0.1) is 5.92 Å². The standard InChI is InChI=1S/C12H18O3/c13-12(10-5-2-1-3-6-10)15-9-11-7-4-8-14-11/h1-2,10-11H,3-9H2. The van der Waals surface area contributed by atoms with E-state index in [4.69, 9.17) is 9.47 Å². The molecule has 1 saturated heterocycles. The Morgan fingerprint density at radius 2 is 2.33 bits per heavy atom. The second-order valence-corrected chi connectivity index (χ2v) is 4.25. The number of hydrogen-bond donors (Lipinski definition) is 0. The minimum Gasteiger partial charge on any atom is -0.463 e. The summed E-state index contributed by atoms with van der Waals surface area (Å²) in [6.07, 6.45) is 9.23. The minimum absolute atomic E-state index is 0.0464. The lowest BCUT2D eigenvalue weighted by Crippen LogP contribution is -2.23. The molecule has 1 heterocycles. The van der Waals surface area contributed by atoms with Gasteiger partial charge in [-0.15, -0.1) is 0 Å². The van der Waals surface area contributed by atoms with Gasteiger partial charge in [0, 0.05) is 6.61 Å². The third-order valence-electron chi connectivity index (χ3n) is 3.04. The highest BCUT2D eigenvalue weighted by atomic mass is 16.6. The molecule has 3 nitrogen and oxygen atoms in total. The highest BCUT2D eigenvalue weighted by Gasteiger charge is 2.23. The van der Waals surface area contributed by atoms with Crippen LogP contribution in [-0.4, -0.2) is 25.3 Å². The van der Waals surface area contributed by atoms with E-state index in [-0.39, 0.29) is 18.0 Å². The summed E-state index contributed by atoms with van der Waals surface area (Å²) in [5, 5.41) is 0. The van der Waals surface area contributed by atoms with Crippen LogP contribution in [0.2, 0.25) is 0 Å². The zero-order chi connectivity index (χ0) is 10.5. The van der Waals surface area contributed by atoms with Crippen LogP contribution in [0.5, 0.6) is 0 Å². The summed E-state index contributed by atoms with van der Waals surface area (Å²) in [4.78, 5) is 11.6. The van der Waals surface area contributed by atoms with Crippen LogP contribution in [0.3, 0.4) is 0 Å². The molecule has 0 radical (unpaired) electrons. The molecule has 0 aromatic carbocycles. The smallest absolute Gasteiger partial charge is 0.309 e. The first kappa shape index (κ1) is 10.7. The van der Waals surface area contributed by atoms with Crippen LogP contribution in [0.25, 0.3) is 0 Å². The number of hydrogen-bond acceptors (Lipinski definition) is 3. The molecule has 0 aromatic rings. The van der Waals surface area contributed by atoms with Crippen molar-refractivity contribution in [3.63, 3.8) is 0 Å².